The maximum atomic E-state index is 9.49. The zero-order chi connectivity index (χ0) is 12.5. The molecular weight excluding hydrogens is 226 g/mol. The molecule has 0 saturated carbocycles. The van der Waals surface area contributed by atoms with Crippen LogP contribution in [-0.4, -0.2) is 12.2 Å². The van der Waals surface area contributed by atoms with Crippen LogP contribution in [0, 0.1) is 0 Å². The third-order valence-corrected chi connectivity index (χ3v) is 3.36. The Morgan fingerprint density at radius 3 is 2.94 bits per heavy atom. The average Bonchev–Trinajstić information content (AvgIpc) is 2.81. The molecule has 1 unspecified atom stereocenters. The summed E-state index contributed by atoms with van der Waals surface area (Å²) in [5, 5.41) is 12.9. The van der Waals surface area contributed by atoms with Crippen molar-refractivity contribution in [2.45, 2.75) is 12.6 Å². The van der Waals surface area contributed by atoms with Gasteiger partial charge in [-0.1, -0.05) is 18.2 Å². The minimum Gasteiger partial charge on any atom is -0.508 e. The molecule has 1 heterocycles. The van der Waals surface area contributed by atoms with Crippen LogP contribution in [0.3, 0.4) is 0 Å². The molecule has 3 rings (SSSR count). The maximum Gasteiger partial charge on any atom is 0.119 e. The topological polar surface area (TPSA) is 41.5 Å². The van der Waals surface area contributed by atoms with E-state index in [0.29, 0.717) is 5.75 Å². The lowest BCUT2D eigenvalue weighted by Crippen LogP contribution is -2.13. The number of aromatic hydroxyl groups is 1. The highest BCUT2D eigenvalue weighted by Gasteiger charge is 2.23. The summed E-state index contributed by atoms with van der Waals surface area (Å²) in [5.41, 5.74) is 3.56. The van der Waals surface area contributed by atoms with Crippen molar-refractivity contribution in [1.29, 1.82) is 0 Å². The molecule has 0 bridgehead atoms. The van der Waals surface area contributed by atoms with Crippen LogP contribution >= 0.6 is 0 Å². The third-order valence-electron chi connectivity index (χ3n) is 3.36. The van der Waals surface area contributed by atoms with E-state index in [-0.39, 0.29) is 6.04 Å². The number of methoxy groups -OCH3 is 1. The van der Waals surface area contributed by atoms with E-state index >= 15 is 0 Å². The highest BCUT2D eigenvalue weighted by Crippen LogP contribution is 2.33. The Morgan fingerprint density at radius 1 is 1.22 bits per heavy atom. The summed E-state index contributed by atoms with van der Waals surface area (Å²) >= 11 is 0. The Labute approximate surface area is 106 Å². The quantitative estimate of drug-likeness (QED) is 0.849. The molecule has 92 valence electrons. The Kier molecular flexibility index (Phi) is 2.68. The Bertz CT molecular complexity index is 580. The number of ether oxygens (including phenoxy) is 1. The molecule has 2 aromatic rings. The van der Waals surface area contributed by atoms with Crippen LogP contribution in [0.2, 0.25) is 0 Å². The zero-order valence-corrected chi connectivity index (χ0v) is 10.2. The molecule has 0 fully saturated rings. The first kappa shape index (κ1) is 11.1. The van der Waals surface area contributed by atoms with E-state index in [9.17, 15) is 5.11 Å². The van der Waals surface area contributed by atoms with Gasteiger partial charge < -0.3 is 15.2 Å². The van der Waals surface area contributed by atoms with Gasteiger partial charge in [-0.3, -0.25) is 0 Å². The summed E-state index contributed by atoms with van der Waals surface area (Å²) in [5.74, 6) is 1.18. The molecule has 1 aliphatic heterocycles. The van der Waals surface area contributed by atoms with E-state index in [1.54, 1.807) is 13.2 Å². The second-order valence-electron chi connectivity index (χ2n) is 4.47. The minimum absolute atomic E-state index is 0.177. The van der Waals surface area contributed by atoms with E-state index in [1.807, 2.05) is 30.3 Å². The minimum atomic E-state index is 0.177. The van der Waals surface area contributed by atoms with Gasteiger partial charge in [-0.2, -0.15) is 0 Å². The van der Waals surface area contributed by atoms with Crippen LogP contribution in [0.15, 0.2) is 42.5 Å². The molecule has 3 heteroatoms. The summed E-state index contributed by atoms with van der Waals surface area (Å²) in [6, 6.07) is 13.8. The maximum absolute atomic E-state index is 9.49. The van der Waals surface area contributed by atoms with Crippen molar-refractivity contribution < 1.29 is 9.84 Å². The third kappa shape index (κ3) is 1.83. The van der Waals surface area contributed by atoms with Crippen LogP contribution in [-0.2, 0) is 6.54 Å². The molecule has 18 heavy (non-hydrogen) atoms. The van der Waals surface area contributed by atoms with Gasteiger partial charge in [-0.05, 0) is 41.0 Å². The van der Waals surface area contributed by atoms with Gasteiger partial charge in [0.05, 0.1) is 13.2 Å². The molecule has 0 saturated heterocycles. The first-order valence-corrected chi connectivity index (χ1v) is 5.97. The zero-order valence-electron chi connectivity index (χ0n) is 10.2. The number of phenolic OH excluding ortho intramolecular Hbond substituents is 1. The molecule has 0 radical (unpaired) electrons. The SMILES string of the molecule is COc1cccc(C2NCc3cc(O)ccc32)c1. The van der Waals surface area contributed by atoms with E-state index < -0.39 is 0 Å². The first-order chi connectivity index (χ1) is 8.78. The fourth-order valence-electron chi connectivity index (χ4n) is 2.47. The van der Waals surface area contributed by atoms with Gasteiger partial charge >= 0.3 is 0 Å². The Hall–Kier alpha value is -2.00. The lowest BCUT2D eigenvalue weighted by Gasteiger charge is -2.13. The Morgan fingerprint density at radius 2 is 2.11 bits per heavy atom. The number of fused-ring (bicyclic) bond motifs is 1. The summed E-state index contributed by atoms with van der Waals surface area (Å²) in [6.45, 7) is 0.783. The van der Waals surface area contributed by atoms with E-state index in [2.05, 4.69) is 11.4 Å². The summed E-state index contributed by atoms with van der Waals surface area (Å²) in [7, 11) is 1.67. The smallest absolute Gasteiger partial charge is 0.119 e. The highest BCUT2D eigenvalue weighted by atomic mass is 16.5. The van der Waals surface area contributed by atoms with E-state index in [0.717, 1.165) is 17.9 Å². The van der Waals surface area contributed by atoms with Gasteiger partial charge in [0.15, 0.2) is 0 Å². The first-order valence-electron chi connectivity index (χ1n) is 5.97. The van der Waals surface area contributed by atoms with Crippen LogP contribution < -0.4 is 10.1 Å². The number of phenols is 1. The van der Waals surface area contributed by atoms with Gasteiger partial charge in [-0.15, -0.1) is 0 Å². The lowest BCUT2D eigenvalue weighted by molar-refractivity contribution is 0.414. The van der Waals surface area contributed by atoms with Crippen molar-refractivity contribution in [2.24, 2.45) is 0 Å². The monoisotopic (exact) mass is 241 g/mol. The molecule has 0 spiro atoms. The molecule has 2 N–H and O–H groups in total. The largest absolute Gasteiger partial charge is 0.508 e. The average molecular weight is 241 g/mol. The van der Waals surface area contributed by atoms with Crippen molar-refractivity contribution >= 4 is 0 Å². The summed E-state index contributed by atoms with van der Waals surface area (Å²) < 4.78 is 5.25. The number of hydrogen-bond donors (Lipinski definition) is 2. The molecule has 2 aromatic carbocycles. The second kappa shape index (κ2) is 4.35. The molecule has 3 nitrogen and oxygen atoms in total. The van der Waals surface area contributed by atoms with Gasteiger partial charge in [0.1, 0.15) is 11.5 Å². The molecule has 0 aliphatic carbocycles. The van der Waals surface area contributed by atoms with Crippen molar-refractivity contribution in [2.75, 3.05) is 7.11 Å². The van der Waals surface area contributed by atoms with Crippen LogP contribution in [0.5, 0.6) is 11.5 Å². The number of rotatable bonds is 2. The predicted molar refractivity (Wildman–Crippen MR) is 69.8 cm³/mol. The van der Waals surface area contributed by atoms with Crippen molar-refractivity contribution in [1.82, 2.24) is 5.32 Å². The normalized spacial score (nSPS) is 17.5. The number of hydrogen-bond acceptors (Lipinski definition) is 3. The summed E-state index contributed by atoms with van der Waals surface area (Å²) in [4.78, 5) is 0. The van der Waals surface area contributed by atoms with Crippen LogP contribution in [0.25, 0.3) is 0 Å². The molecule has 1 aliphatic rings. The fourth-order valence-corrected chi connectivity index (χ4v) is 2.47. The fraction of sp³-hybridized carbons (Fsp3) is 0.200. The van der Waals surface area contributed by atoms with Crippen LogP contribution in [0.1, 0.15) is 22.7 Å². The van der Waals surface area contributed by atoms with Gasteiger partial charge in [0.2, 0.25) is 0 Å². The molecule has 0 aromatic heterocycles. The van der Waals surface area contributed by atoms with E-state index in [4.69, 9.17) is 4.74 Å². The number of nitrogens with one attached hydrogen (secondary N) is 1. The van der Waals surface area contributed by atoms with E-state index in [1.165, 1.54) is 11.1 Å². The second-order valence-corrected chi connectivity index (χ2v) is 4.47. The van der Waals surface area contributed by atoms with Crippen molar-refractivity contribution in [3.8, 4) is 11.5 Å². The lowest BCUT2D eigenvalue weighted by atomic mass is 9.98. The van der Waals surface area contributed by atoms with Crippen molar-refractivity contribution in [3.05, 3.63) is 59.2 Å². The van der Waals surface area contributed by atoms with Gasteiger partial charge in [0.25, 0.3) is 0 Å². The molecule has 1 atom stereocenters. The van der Waals surface area contributed by atoms with Crippen molar-refractivity contribution in [3.63, 3.8) is 0 Å². The Balaban J connectivity index is 2.00. The standard InChI is InChI=1S/C15H15NO2/c1-18-13-4-2-3-10(8-13)15-14-6-5-12(17)7-11(14)9-16-15/h2-8,15-17H,9H2,1H3. The van der Waals surface area contributed by atoms with Gasteiger partial charge in [0, 0.05) is 6.54 Å². The molecular formula is C15H15NO2. The van der Waals surface area contributed by atoms with Crippen LogP contribution in [0.4, 0.5) is 0 Å². The molecule has 0 amide bonds. The summed E-state index contributed by atoms with van der Waals surface area (Å²) in [6.07, 6.45) is 0. The van der Waals surface area contributed by atoms with Gasteiger partial charge in [-0.25, -0.2) is 0 Å². The highest BCUT2D eigenvalue weighted by molar-refractivity contribution is 5.45. The number of benzene rings is 2. The predicted octanol–water partition coefficient (Wildman–Crippen LogP) is 2.59.